The minimum Gasteiger partial charge on any atom is -0.444 e. The maximum atomic E-state index is 11.8. The summed E-state index contributed by atoms with van der Waals surface area (Å²) in [5.74, 6) is 0.156. The average molecular weight is 355 g/mol. The molecular formula is C18H22BN3O4. The molecule has 1 aromatic heterocycles. The molecule has 1 fully saturated rings. The second kappa shape index (κ2) is 7.05. The number of nitrogens with zero attached hydrogens (tertiary/aromatic N) is 2. The highest BCUT2D eigenvalue weighted by atomic mass is 16.7. The number of carbonyl (C=O) groups excluding carboxylic acids is 1. The highest BCUT2D eigenvalue weighted by molar-refractivity contribution is 6.61. The van der Waals surface area contributed by atoms with E-state index in [1.54, 1.807) is 12.4 Å². The standard InChI is InChI=1S/C18H22BN3O4/c1-17(2)18(3,4)26-19(25-17)14-10-20-15(21-11-14)22-16(23)24-12-13-8-6-5-7-9-13/h5-11H,12H2,1-4H3,(H,20,21,22,23). The third-order valence-electron chi connectivity index (χ3n) is 4.62. The van der Waals surface area contributed by atoms with Gasteiger partial charge in [0.2, 0.25) is 5.95 Å². The Balaban J connectivity index is 1.56. The fraction of sp³-hybridized carbons (Fsp3) is 0.389. The van der Waals surface area contributed by atoms with Gasteiger partial charge in [0.25, 0.3) is 0 Å². The average Bonchev–Trinajstić information content (AvgIpc) is 2.82. The Labute approximate surface area is 153 Å². The van der Waals surface area contributed by atoms with Gasteiger partial charge in [-0.2, -0.15) is 0 Å². The Morgan fingerprint density at radius 2 is 1.65 bits per heavy atom. The Bertz CT molecular complexity index is 750. The minimum absolute atomic E-state index is 0.156. The van der Waals surface area contributed by atoms with Gasteiger partial charge in [0.1, 0.15) is 6.61 Å². The first-order valence-corrected chi connectivity index (χ1v) is 8.42. The smallest absolute Gasteiger partial charge is 0.444 e. The van der Waals surface area contributed by atoms with E-state index < -0.39 is 24.4 Å². The second-order valence-electron chi connectivity index (χ2n) is 7.11. The number of anilines is 1. The van der Waals surface area contributed by atoms with Crippen LogP contribution in [-0.2, 0) is 20.7 Å². The Morgan fingerprint density at radius 1 is 1.08 bits per heavy atom. The summed E-state index contributed by atoms with van der Waals surface area (Å²) in [6, 6.07) is 9.42. The van der Waals surface area contributed by atoms with E-state index in [4.69, 9.17) is 14.0 Å². The molecule has 0 atom stereocenters. The molecule has 1 saturated heterocycles. The molecule has 7 nitrogen and oxygen atoms in total. The van der Waals surface area contributed by atoms with Gasteiger partial charge in [0, 0.05) is 17.9 Å². The van der Waals surface area contributed by atoms with Crippen LogP contribution in [-0.4, -0.2) is 34.4 Å². The maximum absolute atomic E-state index is 11.8. The topological polar surface area (TPSA) is 82.6 Å². The molecule has 0 unspecified atom stereocenters. The number of hydrogen-bond acceptors (Lipinski definition) is 6. The van der Waals surface area contributed by atoms with E-state index in [1.807, 2.05) is 58.0 Å². The summed E-state index contributed by atoms with van der Waals surface area (Å²) in [5, 5.41) is 2.50. The van der Waals surface area contributed by atoms with Crippen LogP contribution in [0.5, 0.6) is 0 Å². The first kappa shape index (κ1) is 18.3. The number of amides is 1. The van der Waals surface area contributed by atoms with Crippen LogP contribution in [0.3, 0.4) is 0 Å². The lowest BCUT2D eigenvalue weighted by molar-refractivity contribution is 0.00578. The fourth-order valence-electron chi connectivity index (χ4n) is 2.35. The fourth-order valence-corrected chi connectivity index (χ4v) is 2.35. The molecule has 0 saturated carbocycles. The van der Waals surface area contributed by atoms with Crippen LogP contribution in [0.4, 0.5) is 10.7 Å². The molecule has 0 spiro atoms. The summed E-state index contributed by atoms with van der Waals surface area (Å²) >= 11 is 0. The molecule has 1 amide bonds. The predicted molar refractivity (Wildman–Crippen MR) is 98.0 cm³/mol. The molecule has 1 N–H and O–H groups in total. The summed E-state index contributed by atoms with van der Waals surface area (Å²) in [7, 11) is -0.543. The van der Waals surface area contributed by atoms with Crippen LogP contribution in [0, 0.1) is 0 Å². The highest BCUT2D eigenvalue weighted by Gasteiger charge is 2.51. The van der Waals surface area contributed by atoms with Crippen molar-refractivity contribution in [2.45, 2.75) is 45.5 Å². The number of ether oxygens (including phenoxy) is 1. The third kappa shape index (κ3) is 4.03. The number of hydrogen-bond donors (Lipinski definition) is 1. The van der Waals surface area contributed by atoms with Gasteiger partial charge in [-0.1, -0.05) is 30.3 Å². The van der Waals surface area contributed by atoms with Crippen molar-refractivity contribution >= 4 is 24.6 Å². The van der Waals surface area contributed by atoms with Crippen molar-refractivity contribution < 1.29 is 18.8 Å². The Hall–Kier alpha value is -2.45. The lowest BCUT2D eigenvalue weighted by Gasteiger charge is -2.32. The van der Waals surface area contributed by atoms with Crippen molar-refractivity contribution in [3.05, 3.63) is 48.3 Å². The monoisotopic (exact) mass is 355 g/mol. The zero-order chi connectivity index (χ0) is 18.8. The van der Waals surface area contributed by atoms with Crippen molar-refractivity contribution in [2.24, 2.45) is 0 Å². The molecule has 0 bridgehead atoms. The molecule has 2 aromatic rings. The predicted octanol–water partition coefficient (Wildman–Crippen LogP) is 2.52. The van der Waals surface area contributed by atoms with E-state index in [-0.39, 0.29) is 12.6 Å². The van der Waals surface area contributed by atoms with E-state index in [2.05, 4.69) is 15.3 Å². The lowest BCUT2D eigenvalue weighted by Crippen LogP contribution is -2.41. The molecule has 2 heterocycles. The Morgan fingerprint density at radius 3 is 2.23 bits per heavy atom. The van der Waals surface area contributed by atoms with Gasteiger partial charge in [-0.25, -0.2) is 14.8 Å². The van der Waals surface area contributed by atoms with Gasteiger partial charge in [-0.05, 0) is 33.3 Å². The van der Waals surface area contributed by atoms with Gasteiger partial charge in [0.05, 0.1) is 11.2 Å². The van der Waals surface area contributed by atoms with Gasteiger partial charge in [-0.3, -0.25) is 5.32 Å². The number of nitrogens with one attached hydrogen (secondary N) is 1. The molecule has 0 aliphatic carbocycles. The number of rotatable bonds is 4. The quantitative estimate of drug-likeness (QED) is 0.849. The maximum Gasteiger partial charge on any atom is 0.498 e. The zero-order valence-electron chi connectivity index (χ0n) is 15.4. The van der Waals surface area contributed by atoms with Crippen LogP contribution in [0.25, 0.3) is 0 Å². The van der Waals surface area contributed by atoms with Crippen molar-refractivity contribution in [3.63, 3.8) is 0 Å². The molecule has 1 aliphatic heterocycles. The first-order chi connectivity index (χ1) is 12.3. The second-order valence-corrected chi connectivity index (χ2v) is 7.11. The first-order valence-electron chi connectivity index (χ1n) is 8.42. The molecule has 26 heavy (non-hydrogen) atoms. The summed E-state index contributed by atoms with van der Waals surface area (Å²) in [6.45, 7) is 8.09. The van der Waals surface area contributed by atoms with E-state index >= 15 is 0 Å². The van der Waals surface area contributed by atoms with Gasteiger partial charge in [0.15, 0.2) is 0 Å². The molecule has 1 aromatic carbocycles. The number of carbonyl (C=O) groups is 1. The van der Waals surface area contributed by atoms with E-state index in [0.717, 1.165) is 5.56 Å². The summed E-state index contributed by atoms with van der Waals surface area (Å²) in [4.78, 5) is 20.1. The van der Waals surface area contributed by atoms with Crippen LogP contribution < -0.4 is 10.8 Å². The summed E-state index contributed by atoms with van der Waals surface area (Å²) in [6.07, 6.45) is 2.53. The molecule has 0 radical (unpaired) electrons. The van der Waals surface area contributed by atoms with Crippen LogP contribution >= 0.6 is 0 Å². The minimum atomic E-state index is -0.614. The summed E-state index contributed by atoms with van der Waals surface area (Å²) < 4.78 is 17.0. The van der Waals surface area contributed by atoms with Crippen LogP contribution in [0.2, 0.25) is 0 Å². The largest absolute Gasteiger partial charge is 0.498 e. The Kier molecular flexibility index (Phi) is 4.98. The van der Waals surface area contributed by atoms with Gasteiger partial charge >= 0.3 is 13.2 Å². The van der Waals surface area contributed by atoms with E-state index in [9.17, 15) is 4.79 Å². The molecule has 8 heteroatoms. The van der Waals surface area contributed by atoms with E-state index in [1.165, 1.54) is 0 Å². The van der Waals surface area contributed by atoms with Gasteiger partial charge < -0.3 is 14.0 Å². The van der Waals surface area contributed by atoms with Crippen molar-refractivity contribution in [1.29, 1.82) is 0 Å². The van der Waals surface area contributed by atoms with Crippen molar-refractivity contribution in [2.75, 3.05) is 5.32 Å². The SMILES string of the molecule is CC1(C)OB(c2cnc(NC(=O)OCc3ccccc3)nc2)OC1(C)C. The summed E-state index contributed by atoms with van der Waals surface area (Å²) in [5.41, 5.74) is 0.720. The molecule has 136 valence electrons. The molecule has 3 rings (SSSR count). The third-order valence-corrected chi connectivity index (χ3v) is 4.62. The van der Waals surface area contributed by atoms with E-state index in [0.29, 0.717) is 5.46 Å². The normalized spacial score (nSPS) is 17.8. The van der Waals surface area contributed by atoms with Crippen molar-refractivity contribution in [3.8, 4) is 0 Å². The van der Waals surface area contributed by atoms with Gasteiger partial charge in [-0.15, -0.1) is 0 Å². The number of benzene rings is 1. The molecule has 1 aliphatic rings. The zero-order valence-corrected chi connectivity index (χ0v) is 15.4. The van der Waals surface area contributed by atoms with Crippen molar-refractivity contribution in [1.82, 2.24) is 9.97 Å². The highest BCUT2D eigenvalue weighted by Crippen LogP contribution is 2.36. The molecular weight excluding hydrogens is 333 g/mol. The lowest BCUT2D eigenvalue weighted by atomic mass is 9.81. The van der Waals surface area contributed by atoms with Crippen LogP contribution in [0.15, 0.2) is 42.7 Å². The number of aromatic nitrogens is 2. The van der Waals surface area contributed by atoms with Crippen LogP contribution in [0.1, 0.15) is 33.3 Å².